The van der Waals surface area contributed by atoms with Crippen LogP contribution in [0.4, 0.5) is 5.69 Å². The number of nitrogens with zero attached hydrogens (tertiary/aromatic N) is 1. The molecular weight excluding hydrogens is 174 g/mol. The minimum atomic E-state index is 0.107. The summed E-state index contributed by atoms with van der Waals surface area (Å²) in [4.78, 5) is 13.2. The molecule has 1 aromatic rings. The Morgan fingerprint density at radius 3 is 2.29 bits per heavy atom. The van der Waals surface area contributed by atoms with Gasteiger partial charge in [-0.2, -0.15) is 0 Å². The quantitative estimate of drug-likeness (QED) is 0.719. The second-order valence-electron chi connectivity index (χ2n) is 3.51. The zero-order valence-electron chi connectivity index (χ0n) is 9.08. The van der Waals surface area contributed by atoms with Crippen molar-refractivity contribution >= 4 is 11.6 Å². The predicted octanol–water partition coefficient (Wildman–Crippen LogP) is 2.76. The fourth-order valence-corrected chi connectivity index (χ4v) is 1.42. The van der Waals surface area contributed by atoms with Gasteiger partial charge in [0.15, 0.2) is 0 Å². The van der Waals surface area contributed by atoms with Gasteiger partial charge < -0.3 is 4.90 Å². The average Bonchev–Trinajstić information content (AvgIpc) is 2.15. The third-order valence-electron chi connectivity index (χ3n) is 2.17. The van der Waals surface area contributed by atoms with Gasteiger partial charge in [-0.3, -0.25) is 4.79 Å². The highest BCUT2D eigenvalue weighted by Crippen LogP contribution is 2.15. The molecule has 0 N–H and O–H groups in total. The summed E-state index contributed by atoms with van der Waals surface area (Å²) in [6.45, 7) is 6.51. The number of hydrogen-bond acceptors (Lipinski definition) is 1. The van der Waals surface area contributed by atoms with Crippen LogP contribution in [0, 0.1) is 6.92 Å². The summed E-state index contributed by atoms with van der Waals surface area (Å²) in [5.41, 5.74) is 2.21. The molecule has 1 amide bonds. The molecule has 0 bridgehead atoms. The molecule has 14 heavy (non-hydrogen) atoms. The SMILES string of the molecule is CCCN(C(C)=O)c1ccc(C)cc1. The van der Waals surface area contributed by atoms with Crippen LogP contribution in [0.3, 0.4) is 0 Å². The summed E-state index contributed by atoms with van der Waals surface area (Å²) in [7, 11) is 0. The van der Waals surface area contributed by atoms with Crippen LogP contribution in [0.25, 0.3) is 0 Å². The van der Waals surface area contributed by atoms with Gasteiger partial charge in [-0.05, 0) is 25.5 Å². The van der Waals surface area contributed by atoms with E-state index in [0.717, 1.165) is 18.7 Å². The highest BCUT2D eigenvalue weighted by Gasteiger charge is 2.08. The fourth-order valence-electron chi connectivity index (χ4n) is 1.42. The van der Waals surface area contributed by atoms with Crippen LogP contribution in [0.5, 0.6) is 0 Å². The van der Waals surface area contributed by atoms with Crippen molar-refractivity contribution in [3.63, 3.8) is 0 Å². The maximum absolute atomic E-state index is 11.3. The van der Waals surface area contributed by atoms with E-state index in [4.69, 9.17) is 0 Å². The van der Waals surface area contributed by atoms with Crippen molar-refractivity contribution in [3.8, 4) is 0 Å². The van der Waals surface area contributed by atoms with Crippen LogP contribution in [-0.2, 0) is 4.79 Å². The monoisotopic (exact) mass is 191 g/mol. The zero-order valence-corrected chi connectivity index (χ0v) is 9.08. The van der Waals surface area contributed by atoms with E-state index in [-0.39, 0.29) is 5.91 Å². The molecule has 2 nitrogen and oxygen atoms in total. The number of aryl methyl sites for hydroxylation is 1. The van der Waals surface area contributed by atoms with Gasteiger partial charge in [0, 0.05) is 19.2 Å². The summed E-state index contributed by atoms with van der Waals surface area (Å²) in [6, 6.07) is 8.04. The number of anilines is 1. The Bertz CT molecular complexity index is 303. The van der Waals surface area contributed by atoms with E-state index in [1.54, 1.807) is 11.8 Å². The number of amides is 1. The molecule has 0 radical (unpaired) electrons. The molecule has 0 atom stereocenters. The minimum Gasteiger partial charge on any atom is -0.313 e. The molecule has 0 fully saturated rings. The summed E-state index contributed by atoms with van der Waals surface area (Å²) >= 11 is 0. The van der Waals surface area contributed by atoms with Crippen LogP contribution in [0.1, 0.15) is 25.8 Å². The Balaban J connectivity index is 2.87. The minimum absolute atomic E-state index is 0.107. The van der Waals surface area contributed by atoms with Crippen molar-refractivity contribution < 1.29 is 4.79 Å². The van der Waals surface area contributed by atoms with Gasteiger partial charge in [0.2, 0.25) is 5.91 Å². The molecule has 0 unspecified atom stereocenters. The third-order valence-corrected chi connectivity index (χ3v) is 2.17. The standard InChI is InChI=1S/C12H17NO/c1-4-9-13(11(3)14)12-7-5-10(2)6-8-12/h5-8H,4,9H2,1-3H3. The van der Waals surface area contributed by atoms with Crippen LogP contribution < -0.4 is 4.90 Å². The van der Waals surface area contributed by atoms with Crippen LogP contribution >= 0.6 is 0 Å². The molecule has 0 saturated heterocycles. The molecule has 0 saturated carbocycles. The lowest BCUT2D eigenvalue weighted by molar-refractivity contribution is -0.116. The van der Waals surface area contributed by atoms with E-state index >= 15 is 0 Å². The van der Waals surface area contributed by atoms with E-state index < -0.39 is 0 Å². The topological polar surface area (TPSA) is 20.3 Å². The summed E-state index contributed by atoms with van der Waals surface area (Å²) < 4.78 is 0. The van der Waals surface area contributed by atoms with E-state index in [2.05, 4.69) is 6.92 Å². The maximum Gasteiger partial charge on any atom is 0.223 e. The molecule has 0 aliphatic carbocycles. The van der Waals surface area contributed by atoms with Crippen molar-refractivity contribution in [2.24, 2.45) is 0 Å². The van der Waals surface area contributed by atoms with Gasteiger partial charge in [-0.1, -0.05) is 24.6 Å². The third kappa shape index (κ3) is 2.59. The number of benzene rings is 1. The first-order valence-electron chi connectivity index (χ1n) is 5.00. The van der Waals surface area contributed by atoms with Crippen LogP contribution in [0.15, 0.2) is 24.3 Å². The molecule has 1 aromatic carbocycles. The maximum atomic E-state index is 11.3. The number of hydrogen-bond donors (Lipinski definition) is 0. The van der Waals surface area contributed by atoms with Crippen molar-refractivity contribution in [1.29, 1.82) is 0 Å². The van der Waals surface area contributed by atoms with Crippen molar-refractivity contribution in [1.82, 2.24) is 0 Å². The lowest BCUT2D eigenvalue weighted by atomic mass is 10.2. The Morgan fingerprint density at radius 2 is 1.86 bits per heavy atom. The van der Waals surface area contributed by atoms with Crippen molar-refractivity contribution in [3.05, 3.63) is 29.8 Å². The Labute approximate surface area is 85.5 Å². The van der Waals surface area contributed by atoms with Crippen molar-refractivity contribution in [2.45, 2.75) is 27.2 Å². The first-order chi connectivity index (χ1) is 6.65. The van der Waals surface area contributed by atoms with Gasteiger partial charge in [0.1, 0.15) is 0 Å². The Morgan fingerprint density at radius 1 is 1.29 bits per heavy atom. The highest BCUT2D eigenvalue weighted by atomic mass is 16.2. The van der Waals surface area contributed by atoms with Crippen LogP contribution in [-0.4, -0.2) is 12.5 Å². The first-order valence-corrected chi connectivity index (χ1v) is 5.00. The molecular formula is C12H17NO. The Hall–Kier alpha value is -1.31. The smallest absolute Gasteiger partial charge is 0.223 e. The van der Waals surface area contributed by atoms with E-state index in [1.165, 1.54) is 5.56 Å². The second-order valence-corrected chi connectivity index (χ2v) is 3.51. The molecule has 0 spiro atoms. The predicted molar refractivity (Wildman–Crippen MR) is 59.5 cm³/mol. The number of rotatable bonds is 3. The van der Waals surface area contributed by atoms with Gasteiger partial charge in [0.25, 0.3) is 0 Å². The van der Waals surface area contributed by atoms with Gasteiger partial charge in [-0.25, -0.2) is 0 Å². The Kier molecular flexibility index (Phi) is 3.69. The van der Waals surface area contributed by atoms with Gasteiger partial charge in [-0.15, -0.1) is 0 Å². The lowest BCUT2D eigenvalue weighted by Gasteiger charge is -2.20. The van der Waals surface area contributed by atoms with Gasteiger partial charge in [0.05, 0.1) is 0 Å². The molecule has 0 heterocycles. The number of carbonyl (C=O) groups excluding carboxylic acids is 1. The molecule has 1 rings (SSSR count). The molecule has 2 heteroatoms. The first kappa shape index (κ1) is 10.8. The average molecular weight is 191 g/mol. The summed E-state index contributed by atoms with van der Waals surface area (Å²) in [5.74, 6) is 0.107. The van der Waals surface area contributed by atoms with Crippen LogP contribution in [0.2, 0.25) is 0 Å². The van der Waals surface area contributed by atoms with E-state index in [0.29, 0.717) is 0 Å². The normalized spacial score (nSPS) is 9.93. The van der Waals surface area contributed by atoms with Gasteiger partial charge >= 0.3 is 0 Å². The van der Waals surface area contributed by atoms with E-state index in [1.807, 2.05) is 31.2 Å². The summed E-state index contributed by atoms with van der Waals surface area (Å²) in [5, 5.41) is 0. The van der Waals surface area contributed by atoms with E-state index in [9.17, 15) is 4.79 Å². The molecule has 0 aromatic heterocycles. The largest absolute Gasteiger partial charge is 0.313 e. The lowest BCUT2D eigenvalue weighted by Crippen LogP contribution is -2.28. The molecule has 0 aliphatic rings. The summed E-state index contributed by atoms with van der Waals surface area (Å²) in [6.07, 6.45) is 0.980. The van der Waals surface area contributed by atoms with Crippen molar-refractivity contribution in [2.75, 3.05) is 11.4 Å². The second kappa shape index (κ2) is 4.80. The number of carbonyl (C=O) groups is 1. The zero-order chi connectivity index (χ0) is 10.6. The fraction of sp³-hybridized carbons (Fsp3) is 0.417. The molecule has 76 valence electrons. The highest BCUT2D eigenvalue weighted by molar-refractivity contribution is 5.91. The molecule has 0 aliphatic heterocycles.